The van der Waals surface area contributed by atoms with Crippen LogP contribution in [0.5, 0.6) is 0 Å². The van der Waals surface area contributed by atoms with Crippen LogP contribution in [-0.4, -0.2) is 24.0 Å². The number of amides is 2. The Morgan fingerprint density at radius 2 is 1.84 bits per heavy atom. The summed E-state index contributed by atoms with van der Waals surface area (Å²) >= 11 is 0. The van der Waals surface area contributed by atoms with Gasteiger partial charge in [0.2, 0.25) is 10.0 Å². The smallest absolute Gasteiger partial charge is 0.351 e. The molecule has 1 atom stereocenters. The molecule has 0 saturated heterocycles. The molecule has 4 N–H and O–H groups in total. The summed E-state index contributed by atoms with van der Waals surface area (Å²) in [5.41, 5.74) is 5.13. The van der Waals surface area contributed by atoms with Gasteiger partial charge in [0.05, 0.1) is 27.5 Å². The molecule has 0 fully saturated rings. The maximum Gasteiger partial charge on any atom is 0.416 e. The largest absolute Gasteiger partial charge is 0.416 e. The second-order valence-electron chi connectivity index (χ2n) is 6.77. The van der Waals surface area contributed by atoms with Crippen LogP contribution in [0.1, 0.15) is 31.3 Å². The summed E-state index contributed by atoms with van der Waals surface area (Å²) in [6.07, 6.45) is -4.50. The summed E-state index contributed by atoms with van der Waals surface area (Å²) in [4.78, 5) is 15.1. The molecule has 166 valence electrons. The predicted octanol–water partition coefficient (Wildman–Crippen LogP) is 3.61. The lowest BCUT2D eigenvalue weighted by Crippen LogP contribution is -2.29. The number of benzene rings is 2. The van der Waals surface area contributed by atoms with Crippen LogP contribution in [0, 0.1) is 0 Å². The van der Waals surface area contributed by atoms with Crippen molar-refractivity contribution in [2.24, 2.45) is 5.73 Å². The normalized spacial score (nSPS) is 13.3. The lowest BCUT2D eigenvalue weighted by molar-refractivity contribution is -0.137. The molecule has 1 aromatic heterocycles. The molecule has 0 aliphatic carbocycles. The number of aromatic nitrogens is 2. The number of rotatable bonds is 6. The number of primary amides is 1. The fraction of sp³-hybridized carbons (Fsp3) is 0.263. The monoisotopic (exact) mass is 455 g/mol. The summed E-state index contributed by atoms with van der Waals surface area (Å²) in [5, 5.41) is 2.33. The van der Waals surface area contributed by atoms with Crippen molar-refractivity contribution in [3.8, 4) is 0 Å². The van der Waals surface area contributed by atoms with E-state index >= 15 is 0 Å². The fourth-order valence-electron chi connectivity index (χ4n) is 3.19. The average molecular weight is 455 g/mol. The van der Waals surface area contributed by atoms with Gasteiger partial charge in [-0.1, -0.05) is 0 Å². The maximum absolute atomic E-state index is 13.1. The Bertz CT molecular complexity index is 1220. The third kappa shape index (κ3) is 4.80. The number of imidazole rings is 1. The zero-order valence-corrected chi connectivity index (χ0v) is 17.4. The van der Waals surface area contributed by atoms with Crippen molar-refractivity contribution in [1.82, 2.24) is 14.3 Å². The molecule has 12 heteroatoms. The van der Waals surface area contributed by atoms with Crippen LogP contribution in [0.15, 0.2) is 47.4 Å². The van der Waals surface area contributed by atoms with Crippen molar-refractivity contribution in [1.29, 1.82) is 0 Å². The van der Waals surface area contributed by atoms with Crippen molar-refractivity contribution in [3.05, 3.63) is 53.9 Å². The van der Waals surface area contributed by atoms with Gasteiger partial charge in [-0.05, 0) is 56.3 Å². The highest BCUT2D eigenvalue weighted by Gasteiger charge is 2.31. The highest BCUT2D eigenvalue weighted by molar-refractivity contribution is 7.89. The molecule has 31 heavy (non-hydrogen) atoms. The minimum Gasteiger partial charge on any atom is -0.351 e. The molecule has 1 unspecified atom stereocenters. The minimum atomic E-state index is -4.50. The van der Waals surface area contributed by atoms with E-state index in [1.165, 1.54) is 34.9 Å². The maximum atomic E-state index is 13.1. The van der Waals surface area contributed by atoms with E-state index < -0.39 is 33.8 Å². The number of hydrogen-bond acceptors (Lipinski definition) is 4. The lowest BCUT2D eigenvalue weighted by Gasteiger charge is -2.16. The van der Waals surface area contributed by atoms with Gasteiger partial charge < -0.3 is 15.6 Å². The number of alkyl halides is 3. The Balaban J connectivity index is 1.91. The van der Waals surface area contributed by atoms with E-state index in [1.807, 2.05) is 0 Å². The van der Waals surface area contributed by atoms with Crippen molar-refractivity contribution in [2.45, 2.75) is 37.5 Å². The first-order valence-corrected chi connectivity index (χ1v) is 10.7. The van der Waals surface area contributed by atoms with E-state index in [0.717, 1.165) is 12.1 Å². The SMILES string of the molecule is CCn1c(C(C)NS(=O)(=O)c2ccc(NC(N)=O)cc2)nc2ccc(C(F)(F)F)cc21. The van der Waals surface area contributed by atoms with Gasteiger partial charge in [0.15, 0.2) is 0 Å². The van der Waals surface area contributed by atoms with Gasteiger partial charge in [-0.25, -0.2) is 22.9 Å². The number of carbonyl (C=O) groups is 1. The Hall–Kier alpha value is -3.12. The van der Waals surface area contributed by atoms with E-state index in [-0.39, 0.29) is 16.2 Å². The predicted molar refractivity (Wildman–Crippen MR) is 109 cm³/mol. The van der Waals surface area contributed by atoms with Crippen LogP contribution < -0.4 is 15.8 Å². The molecule has 3 rings (SSSR count). The molecule has 1 heterocycles. The Morgan fingerprint density at radius 1 is 1.19 bits per heavy atom. The summed E-state index contributed by atoms with van der Waals surface area (Å²) in [5.74, 6) is 0.285. The molecular formula is C19H20F3N5O3S. The number of carbonyl (C=O) groups excluding carboxylic acids is 1. The van der Waals surface area contributed by atoms with Crippen LogP contribution in [-0.2, 0) is 22.7 Å². The average Bonchev–Trinajstić information content (AvgIpc) is 3.05. The first kappa shape index (κ1) is 22.6. The number of nitrogens with one attached hydrogen (secondary N) is 2. The Morgan fingerprint density at radius 3 is 2.39 bits per heavy atom. The quantitative estimate of drug-likeness (QED) is 0.526. The molecule has 3 aromatic rings. The van der Waals surface area contributed by atoms with Gasteiger partial charge in [0, 0.05) is 12.2 Å². The molecule has 0 aliphatic heterocycles. The van der Waals surface area contributed by atoms with Crippen LogP contribution in [0.4, 0.5) is 23.7 Å². The molecular weight excluding hydrogens is 435 g/mol. The Kier molecular flexibility index (Phi) is 5.96. The molecule has 0 spiro atoms. The van der Waals surface area contributed by atoms with Crippen molar-refractivity contribution in [2.75, 3.05) is 5.32 Å². The number of sulfonamides is 1. The standard InChI is InChI=1S/C19H20F3N5O3S/c1-3-27-16-10-12(19(20,21)22)4-9-15(16)25-17(27)11(2)26-31(29,30)14-7-5-13(6-8-14)24-18(23)28/h4-11,26H,3H2,1-2H3,(H3,23,24,28). The second kappa shape index (κ2) is 8.19. The number of nitrogens with zero attached hydrogens (tertiary/aromatic N) is 2. The number of fused-ring (bicyclic) bond motifs is 1. The summed E-state index contributed by atoms with van der Waals surface area (Å²) in [6.45, 7) is 3.59. The fourth-order valence-corrected chi connectivity index (χ4v) is 4.40. The zero-order chi connectivity index (χ0) is 23.0. The van der Waals surface area contributed by atoms with E-state index in [4.69, 9.17) is 5.73 Å². The number of hydrogen-bond donors (Lipinski definition) is 3. The van der Waals surface area contributed by atoms with E-state index in [2.05, 4.69) is 15.0 Å². The van der Waals surface area contributed by atoms with E-state index in [0.29, 0.717) is 17.7 Å². The number of anilines is 1. The lowest BCUT2D eigenvalue weighted by atomic mass is 10.2. The van der Waals surface area contributed by atoms with E-state index in [9.17, 15) is 26.4 Å². The van der Waals surface area contributed by atoms with E-state index in [1.54, 1.807) is 13.8 Å². The number of aryl methyl sites for hydroxylation is 1. The number of halogens is 3. The first-order valence-electron chi connectivity index (χ1n) is 9.18. The van der Waals surface area contributed by atoms with Gasteiger partial charge in [0.25, 0.3) is 0 Å². The van der Waals surface area contributed by atoms with Crippen LogP contribution in [0.2, 0.25) is 0 Å². The second-order valence-corrected chi connectivity index (χ2v) is 8.49. The third-order valence-corrected chi connectivity index (χ3v) is 6.13. The molecule has 2 aromatic carbocycles. The van der Waals surface area contributed by atoms with Crippen LogP contribution in [0.3, 0.4) is 0 Å². The number of urea groups is 1. The van der Waals surface area contributed by atoms with Gasteiger partial charge in [-0.3, -0.25) is 0 Å². The third-order valence-electron chi connectivity index (χ3n) is 4.57. The molecule has 0 radical (unpaired) electrons. The van der Waals surface area contributed by atoms with Gasteiger partial charge in [-0.15, -0.1) is 0 Å². The zero-order valence-electron chi connectivity index (χ0n) is 16.6. The molecule has 2 amide bonds. The highest BCUT2D eigenvalue weighted by Crippen LogP contribution is 2.32. The minimum absolute atomic E-state index is 0.0621. The molecule has 0 bridgehead atoms. The summed E-state index contributed by atoms with van der Waals surface area (Å²) in [6, 6.07) is 6.94. The summed E-state index contributed by atoms with van der Waals surface area (Å²) in [7, 11) is -3.97. The molecule has 8 nitrogen and oxygen atoms in total. The van der Waals surface area contributed by atoms with Crippen molar-refractivity contribution >= 4 is 32.8 Å². The van der Waals surface area contributed by atoms with Crippen molar-refractivity contribution in [3.63, 3.8) is 0 Å². The van der Waals surface area contributed by atoms with Gasteiger partial charge >= 0.3 is 12.2 Å². The van der Waals surface area contributed by atoms with Gasteiger partial charge in [-0.2, -0.15) is 13.2 Å². The Labute approximate surface area is 176 Å². The first-order chi connectivity index (χ1) is 14.4. The molecule has 0 saturated carbocycles. The topological polar surface area (TPSA) is 119 Å². The molecule has 0 aliphatic rings. The van der Waals surface area contributed by atoms with Crippen LogP contribution >= 0.6 is 0 Å². The summed E-state index contributed by atoms with van der Waals surface area (Å²) < 4.78 is 68.7. The van der Waals surface area contributed by atoms with Crippen molar-refractivity contribution < 1.29 is 26.4 Å². The number of nitrogens with two attached hydrogens (primary N) is 1. The highest BCUT2D eigenvalue weighted by atomic mass is 32.2. The van der Waals surface area contributed by atoms with Crippen LogP contribution in [0.25, 0.3) is 11.0 Å². The van der Waals surface area contributed by atoms with Gasteiger partial charge in [0.1, 0.15) is 5.82 Å².